The molecule has 0 aromatic heterocycles. The number of nitrogens with zero attached hydrogens (tertiary/aromatic N) is 2. The molecule has 2 atom stereocenters. The van der Waals surface area contributed by atoms with Gasteiger partial charge in [-0.1, -0.05) is 32.4 Å². The van der Waals surface area contributed by atoms with Crippen molar-refractivity contribution < 1.29 is 23.5 Å². The van der Waals surface area contributed by atoms with Crippen LogP contribution < -0.4 is 5.32 Å². The molecule has 1 aromatic rings. The summed E-state index contributed by atoms with van der Waals surface area (Å²) in [5.74, 6) is -0.350. The molecule has 2 heterocycles. The highest BCUT2D eigenvalue weighted by molar-refractivity contribution is 6.07. The van der Waals surface area contributed by atoms with Crippen molar-refractivity contribution in [2.24, 2.45) is 11.8 Å². The SMILES string of the molecule is CC[C@H](C)CC(=O)N1CCC([C@@]2(Cc3cccc(F)c3)NC(=O)N(CCOC)C2=O)CC1. The number of hydrogen-bond donors (Lipinski definition) is 1. The minimum absolute atomic E-state index is 0.139. The van der Waals surface area contributed by atoms with E-state index in [0.717, 1.165) is 6.42 Å². The lowest BCUT2D eigenvalue weighted by Gasteiger charge is -2.41. The quantitative estimate of drug-likeness (QED) is 0.591. The Balaban J connectivity index is 1.81. The first-order valence-electron chi connectivity index (χ1n) is 11.5. The maximum atomic E-state index is 13.9. The van der Waals surface area contributed by atoms with Gasteiger partial charge in [0.25, 0.3) is 5.91 Å². The molecule has 0 radical (unpaired) electrons. The van der Waals surface area contributed by atoms with Crippen molar-refractivity contribution in [1.29, 1.82) is 0 Å². The van der Waals surface area contributed by atoms with E-state index in [1.165, 1.54) is 24.1 Å². The number of hydrogen-bond acceptors (Lipinski definition) is 4. The van der Waals surface area contributed by atoms with Gasteiger partial charge in [0.2, 0.25) is 5.91 Å². The molecular formula is C24H34FN3O4. The Bertz CT molecular complexity index is 840. The van der Waals surface area contributed by atoms with Crippen molar-refractivity contribution in [3.05, 3.63) is 35.6 Å². The average Bonchev–Trinajstić information content (AvgIpc) is 3.02. The average molecular weight is 448 g/mol. The molecule has 32 heavy (non-hydrogen) atoms. The summed E-state index contributed by atoms with van der Waals surface area (Å²) in [5, 5.41) is 2.96. The Labute approximate surface area is 189 Å². The van der Waals surface area contributed by atoms with E-state index in [9.17, 15) is 18.8 Å². The Kier molecular flexibility index (Phi) is 7.87. The van der Waals surface area contributed by atoms with Gasteiger partial charge >= 0.3 is 6.03 Å². The first-order valence-corrected chi connectivity index (χ1v) is 11.5. The molecule has 2 saturated heterocycles. The summed E-state index contributed by atoms with van der Waals surface area (Å²) in [4.78, 5) is 42.0. The Morgan fingerprint density at radius 1 is 1.31 bits per heavy atom. The van der Waals surface area contributed by atoms with Gasteiger partial charge in [-0.15, -0.1) is 0 Å². The minimum atomic E-state index is -1.15. The predicted molar refractivity (Wildman–Crippen MR) is 118 cm³/mol. The van der Waals surface area contributed by atoms with E-state index >= 15 is 0 Å². The summed E-state index contributed by atoms with van der Waals surface area (Å²) in [6.45, 7) is 5.65. The number of imide groups is 1. The molecule has 2 fully saturated rings. The van der Waals surface area contributed by atoms with Crippen molar-refractivity contribution in [1.82, 2.24) is 15.1 Å². The third-order valence-electron chi connectivity index (χ3n) is 6.86. The smallest absolute Gasteiger partial charge is 0.325 e. The zero-order valence-electron chi connectivity index (χ0n) is 19.2. The lowest BCUT2D eigenvalue weighted by Crippen LogP contribution is -2.58. The highest BCUT2D eigenvalue weighted by Gasteiger charge is 2.55. The van der Waals surface area contributed by atoms with Gasteiger partial charge in [-0.3, -0.25) is 14.5 Å². The number of methoxy groups -OCH3 is 1. The lowest BCUT2D eigenvalue weighted by atomic mass is 9.73. The Morgan fingerprint density at radius 2 is 2.03 bits per heavy atom. The van der Waals surface area contributed by atoms with E-state index in [1.54, 1.807) is 12.1 Å². The van der Waals surface area contributed by atoms with E-state index in [0.29, 0.717) is 43.8 Å². The number of amides is 4. The second-order valence-electron chi connectivity index (χ2n) is 9.03. The molecule has 2 aliphatic heterocycles. The van der Waals surface area contributed by atoms with Crippen LogP contribution in [0.25, 0.3) is 0 Å². The van der Waals surface area contributed by atoms with Crippen LogP contribution in [0.3, 0.4) is 0 Å². The highest BCUT2D eigenvalue weighted by atomic mass is 19.1. The molecule has 0 saturated carbocycles. The van der Waals surface area contributed by atoms with Gasteiger partial charge in [-0.2, -0.15) is 0 Å². The molecule has 176 valence electrons. The van der Waals surface area contributed by atoms with Crippen LogP contribution in [0.15, 0.2) is 24.3 Å². The topological polar surface area (TPSA) is 79.0 Å². The number of carbonyl (C=O) groups excluding carboxylic acids is 3. The molecule has 2 aliphatic rings. The molecule has 0 spiro atoms. The first-order chi connectivity index (χ1) is 15.3. The zero-order valence-corrected chi connectivity index (χ0v) is 19.2. The maximum absolute atomic E-state index is 13.9. The van der Waals surface area contributed by atoms with E-state index in [2.05, 4.69) is 19.2 Å². The molecule has 4 amide bonds. The van der Waals surface area contributed by atoms with Gasteiger partial charge in [-0.05, 0) is 42.4 Å². The Hall–Kier alpha value is -2.48. The fourth-order valence-electron chi connectivity index (χ4n) is 4.73. The first kappa shape index (κ1) is 24.2. The maximum Gasteiger partial charge on any atom is 0.325 e. The van der Waals surface area contributed by atoms with Crippen LogP contribution in [-0.2, 0) is 20.7 Å². The molecular weight excluding hydrogens is 413 g/mol. The van der Waals surface area contributed by atoms with Crippen LogP contribution in [-0.4, -0.2) is 66.5 Å². The number of ether oxygens (including phenoxy) is 1. The largest absolute Gasteiger partial charge is 0.383 e. The molecule has 3 rings (SSSR count). The summed E-state index contributed by atoms with van der Waals surface area (Å²) >= 11 is 0. The third kappa shape index (κ3) is 5.11. The highest BCUT2D eigenvalue weighted by Crippen LogP contribution is 2.37. The monoisotopic (exact) mass is 447 g/mol. The van der Waals surface area contributed by atoms with E-state index in [4.69, 9.17) is 4.74 Å². The number of urea groups is 1. The van der Waals surface area contributed by atoms with Crippen LogP contribution in [0.5, 0.6) is 0 Å². The van der Waals surface area contributed by atoms with Gasteiger partial charge < -0.3 is 15.0 Å². The number of halogens is 1. The fraction of sp³-hybridized carbons (Fsp3) is 0.625. The summed E-state index contributed by atoms with van der Waals surface area (Å²) in [5.41, 5.74) is -0.493. The van der Waals surface area contributed by atoms with Gasteiger partial charge in [0.05, 0.1) is 13.2 Å². The molecule has 0 bridgehead atoms. The van der Waals surface area contributed by atoms with Gasteiger partial charge in [0, 0.05) is 33.0 Å². The molecule has 1 aromatic carbocycles. The van der Waals surface area contributed by atoms with Crippen molar-refractivity contribution in [2.45, 2.75) is 51.5 Å². The lowest BCUT2D eigenvalue weighted by molar-refractivity contribution is -0.136. The van der Waals surface area contributed by atoms with E-state index in [-0.39, 0.29) is 43.1 Å². The number of nitrogens with one attached hydrogen (secondary N) is 1. The van der Waals surface area contributed by atoms with Crippen LogP contribution >= 0.6 is 0 Å². The molecule has 0 unspecified atom stereocenters. The minimum Gasteiger partial charge on any atom is -0.383 e. The Morgan fingerprint density at radius 3 is 2.66 bits per heavy atom. The van der Waals surface area contributed by atoms with Crippen molar-refractivity contribution in [3.63, 3.8) is 0 Å². The second kappa shape index (κ2) is 10.4. The number of rotatable bonds is 9. The van der Waals surface area contributed by atoms with Crippen LogP contribution in [0.2, 0.25) is 0 Å². The predicted octanol–water partition coefficient (Wildman–Crippen LogP) is 2.98. The normalized spacial score (nSPS) is 22.9. The van der Waals surface area contributed by atoms with Crippen molar-refractivity contribution >= 4 is 17.8 Å². The van der Waals surface area contributed by atoms with Gasteiger partial charge in [0.1, 0.15) is 11.4 Å². The molecule has 1 N–H and O–H groups in total. The number of carbonyl (C=O) groups is 3. The van der Waals surface area contributed by atoms with Crippen molar-refractivity contribution in [3.8, 4) is 0 Å². The van der Waals surface area contributed by atoms with E-state index in [1.807, 2.05) is 4.90 Å². The second-order valence-corrected chi connectivity index (χ2v) is 9.03. The molecule has 0 aliphatic carbocycles. The van der Waals surface area contributed by atoms with Crippen LogP contribution in [0, 0.1) is 17.7 Å². The number of benzene rings is 1. The third-order valence-corrected chi connectivity index (χ3v) is 6.86. The van der Waals surface area contributed by atoms with Crippen molar-refractivity contribution in [2.75, 3.05) is 33.4 Å². The van der Waals surface area contributed by atoms with E-state index < -0.39 is 11.6 Å². The molecule has 8 heteroatoms. The summed E-state index contributed by atoms with van der Waals surface area (Å²) in [6.07, 6.45) is 2.90. The zero-order chi connectivity index (χ0) is 23.3. The summed E-state index contributed by atoms with van der Waals surface area (Å²) < 4.78 is 18.9. The fourth-order valence-corrected chi connectivity index (χ4v) is 4.73. The standard InChI is InChI=1S/C24H34FN3O4/c1-4-17(2)14-21(29)27-10-8-19(9-11-27)24(16-18-6-5-7-20(25)15-18)22(30)28(12-13-32-3)23(31)26-24/h5-7,15,17,19H,4,8-14,16H2,1-3H3,(H,26,31)/t17-,24+/m0/s1. The summed E-state index contributed by atoms with van der Waals surface area (Å²) in [7, 11) is 1.52. The number of likely N-dealkylation sites (tertiary alicyclic amines) is 1. The molecule has 7 nitrogen and oxygen atoms in total. The number of piperidine rings is 1. The van der Waals surface area contributed by atoms with Gasteiger partial charge in [-0.25, -0.2) is 9.18 Å². The van der Waals surface area contributed by atoms with Gasteiger partial charge in [0.15, 0.2) is 0 Å². The summed E-state index contributed by atoms with van der Waals surface area (Å²) in [6, 6.07) is 5.70. The van der Waals surface area contributed by atoms with Crippen LogP contribution in [0.4, 0.5) is 9.18 Å². The van der Waals surface area contributed by atoms with Crippen LogP contribution in [0.1, 0.15) is 45.1 Å².